The van der Waals surface area contributed by atoms with E-state index in [1.807, 2.05) is 30.3 Å². The van der Waals surface area contributed by atoms with Crippen LogP contribution in [-0.4, -0.2) is 19.9 Å². The number of hydrogen-bond donors (Lipinski definition) is 0. The fourth-order valence-electron chi connectivity index (χ4n) is 5.65. The lowest BCUT2D eigenvalue weighted by molar-refractivity contribution is 0.558. The van der Waals surface area contributed by atoms with Gasteiger partial charge in [-0.1, -0.05) is 78.9 Å². The molecule has 6 nitrogen and oxygen atoms in total. The molecule has 0 aliphatic heterocycles. The second-order valence-corrected chi connectivity index (χ2v) is 9.99. The van der Waals surface area contributed by atoms with Crippen LogP contribution in [0.2, 0.25) is 0 Å². The van der Waals surface area contributed by atoms with E-state index in [1.165, 1.54) is 12.8 Å². The Bertz CT molecular complexity index is 2190. The first kappa shape index (κ1) is 24.0. The van der Waals surface area contributed by atoms with Crippen molar-refractivity contribution in [1.29, 1.82) is 0 Å². The number of nitrogens with zero attached hydrogens (tertiary/aromatic N) is 4. The predicted molar refractivity (Wildman–Crippen MR) is 164 cm³/mol. The molecule has 4 aromatic heterocycles. The highest BCUT2D eigenvalue weighted by Crippen LogP contribution is 2.44. The molecule has 4 aromatic carbocycles. The molecule has 8 aromatic rings. The third kappa shape index (κ3) is 4.05. The average Bonchev–Trinajstić information content (AvgIpc) is 3.80. The summed E-state index contributed by atoms with van der Waals surface area (Å²) in [5.74, 6) is 0. The molecular weight excluding hydrogens is 520 g/mol. The molecule has 0 fully saturated rings. The van der Waals surface area contributed by atoms with E-state index in [2.05, 4.69) is 88.8 Å². The van der Waals surface area contributed by atoms with Crippen LogP contribution >= 0.6 is 0 Å². The zero-order valence-electron chi connectivity index (χ0n) is 22.3. The van der Waals surface area contributed by atoms with Crippen molar-refractivity contribution < 1.29 is 8.83 Å². The van der Waals surface area contributed by atoms with Crippen molar-refractivity contribution in [1.82, 2.24) is 19.9 Å². The maximum atomic E-state index is 5.25. The summed E-state index contributed by atoms with van der Waals surface area (Å²) < 4.78 is 10.5. The molecule has 0 N–H and O–H groups in total. The van der Waals surface area contributed by atoms with Crippen LogP contribution in [-0.2, 0) is 0 Å². The fraction of sp³-hybridized carbons (Fsp3) is 0. The van der Waals surface area contributed by atoms with Crippen LogP contribution in [0.1, 0.15) is 0 Å². The van der Waals surface area contributed by atoms with Gasteiger partial charge in [0.15, 0.2) is 12.8 Å². The number of benzene rings is 4. The minimum absolute atomic E-state index is 0.695. The number of oxazole rings is 2. The van der Waals surface area contributed by atoms with Crippen LogP contribution in [0.3, 0.4) is 0 Å². The second-order valence-electron chi connectivity index (χ2n) is 9.99. The van der Waals surface area contributed by atoms with Crippen LogP contribution in [0, 0.1) is 0 Å². The first-order chi connectivity index (χ1) is 20.8. The van der Waals surface area contributed by atoms with Gasteiger partial charge in [0.2, 0.25) is 0 Å². The Morgan fingerprint density at radius 3 is 1.48 bits per heavy atom. The third-order valence-electron chi connectivity index (χ3n) is 7.53. The molecule has 0 saturated heterocycles. The molecule has 42 heavy (non-hydrogen) atoms. The summed E-state index contributed by atoms with van der Waals surface area (Å²) in [5, 5.41) is 4.35. The van der Waals surface area contributed by atoms with Crippen molar-refractivity contribution in [2.75, 3.05) is 0 Å². The molecule has 0 spiro atoms. The molecule has 0 amide bonds. The van der Waals surface area contributed by atoms with Gasteiger partial charge in [-0.15, -0.1) is 0 Å². The SMILES string of the molecule is c1ccc(-c2ccc3c(-c4cccc(-c5cocn5)n4)c4ccccc4c(-c4cccc(-c5cocn5)n4)c3c2)cc1. The minimum Gasteiger partial charge on any atom is -0.451 e. The van der Waals surface area contributed by atoms with E-state index < -0.39 is 0 Å². The Kier molecular flexibility index (Phi) is 5.67. The quantitative estimate of drug-likeness (QED) is 0.202. The molecule has 6 heteroatoms. The highest BCUT2D eigenvalue weighted by Gasteiger charge is 2.20. The molecule has 0 atom stereocenters. The first-order valence-electron chi connectivity index (χ1n) is 13.6. The Balaban J connectivity index is 1.47. The van der Waals surface area contributed by atoms with Crippen molar-refractivity contribution in [2.45, 2.75) is 0 Å². The Labute approximate surface area is 241 Å². The van der Waals surface area contributed by atoms with Crippen LogP contribution in [0.4, 0.5) is 0 Å². The van der Waals surface area contributed by atoms with Crippen molar-refractivity contribution in [3.8, 4) is 56.4 Å². The number of rotatable bonds is 5. The number of fused-ring (bicyclic) bond motifs is 2. The molecule has 0 aliphatic carbocycles. The van der Waals surface area contributed by atoms with Gasteiger partial charge in [0, 0.05) is 11.1 Å². The molecule has 4 heterocycles. The topological polar surface area (TPSA) is 77.8 Å². The van der Waals surface area contributed by atoms with Crippen LogP contribution in [0.25, 0.3) is 78.0 Å². The second kappa shape index (κ2) is 9.94. The lowest BCUT2D eigenvalue weighted by atomic mass is 9.87. The van der Waals surface area contributed by atoms with Gasteiger partial charge in [0.25, 0.3) is 0 Å². The van der Waals surface area contributed by atoms with Gasteiger partial charge >= 0.3 is 0 Å². The monoisotopic (exact) mass is 542 g/mol. The standard InChI is InChI=1S/C36H22N4O2/c1-2-8-23(9-3-1)24-16-17-27-28(18-24)36(32-15-7-13-30(40-32)34-20-42-22-38-34)26-11-5-4-10-25(26)35(27)31-14-6-12-29(39-31)33-19-41-21-37-33/h1-22H. The van der Waals surface area contributed by atoms with Crippen molar-refractivity contribution >= 4 is 21.5 Å². The van der Waals surface area contributed by atoms with E-state index >= 15 is 0 Å². The van der Waals surface area contributed by atoms with E-state index in [4.69, 9.17) is 18.8 Å². The Morgan fingerprint density at radius 1 is 0.381 bits per heavy atom. The normalized spacial score (nSPS) is 11.3. The summed E-state index contributed by atoms with van der Waals surface area (Å²) in [7, 11) is 0. The van der Waals surface area contributed by atoms with Gasteiger partial charge in [-0.2, -0.15) is 0 Å². The largest absolute Gasteiger partial charge is 0.451 e. The molecule has 0 aliphatic rings. The average molecular weight is 543 g/mol. The van der Waals surface area contributed by atoms with E-state index in [0.717, 1.165) is 66.6 Å². The van der Waals surface area contributed by atoms with Crippen LogP contribution in [0.5, 0.6) is 0 Å². The third-order valence-corrected chi connectivity index (χ3v) is 7.53. The van der Waals surface area contributed by atoms with Crippen molar-refractivity contribution in [2.24, 2.45) is 0 Å². The molecular formula is C36H22N4O2. The van der Waals surface area contributed by atoms with Crippen LogP contribution < -0.4 is 0 Å². The predicted octanol–water partition coefficient (Wildman–Crippen LogP) is 9.09. The van der Waals surface area contributed by atoms with Crippen molar-refractivity contribution in [3.63, 3.8) is 0 Å². The first-order valence-corrected chi connectivity index (χ1v) is 13.6. The Hall–Kier alpha value is -5.88. The molecule has 0 unspecified atom stereocenters. The van der Waals surface area contributed by atoms with Gasteiger partial charge in [0.05, 0.1) is 22.8 Å². The zero-order chi connectivity index (χ0) is 27.9. The van der Waals surface area contributed by atoms with Gasteiger partial charge in [-0.25, -0.2) is 19.9 Å². The molecule has 0 bridgehead atoms. The molecule has 8 rings (SSSR count). The van der Waals surface area contributed by atoms with E-state index in [1.54, 1.807) is 12.5 Å². The number of aromatic nitrogens is 4. The maximum absolute atomic E-state index is 5.25. The summed E-state index contributed by atoms with van der Waals surface area (Å²) in [5.41, 5.74) is 9.01. The van der Waals surface area contributed by atoms with Gasteiger partial charge < -0.3 is 8.83 Å². The Morgan fingerprint density at radius 2 is 0.905 bits per heavy atom. The van der Waals surface area contributed by atoms with Crippen LogP contribution in [0.15, 0.2) is 143 Å². The number of pyridine rings is 2. The van der Waals surface area contributed by atoms with Gasteiger partial charge in [-0.05, 0) is 63.0 Å². The number of hydrogen-bond acceptors (Lipinski definition) is 6. The van der Waals surface area contributed by atoms with E-state index in [0.29, 0.717) is 11.4 Å². The zero-order valence-corrected chi connectivity index (χ0v) is 22.3. The van der Waals surface area contributed by atoms with Crippen molar-refractivity contribution in [3.05, 3.63) is 135 Å². The summed E-state index contributed by atoms with van der Waals surface area (Å²) in [6.45, 7) is 0. The van der Waals surface area contributed by atoms with Gasteiger partial charge in [-0.3, -0.25) is 0 Å². The molecule has 198 valence electrons. The highest BCUT2D eigenvalue weighted by molar-refractivity contribution is 6.21. The maximum Gasteiger partial charge on any atom is 0.181 e. The fourth-order valence-corrected chi connectivity index (χ4v) is 5.65. The highest BCUT2D eigenvalue weighted by atomic mass is 16.3. The minimum atomic E-state index is 0.695. The van der Waals surface area contributed by atoms with E-state index in [-0.39, 0.29) is 0 Å². The lowest BCUT2D eigenvalue weighted by Crippen LogP contribution is -1.96. The smallest absolute Gasteiger partial charge is 0.181 e. The molecule has 0 radical (unpaired) electrons. The van der Waals surface area contributed by atoms with E-state index in [9.17, 15) is 0 Å². The summed E-state index contributed by atoms with van der Waals surface area (Å²) in [4.78, 5) is 18.8. The molecule has 0 saturated carbocycles. The van der Waals surface area contributed by atoms with Gasteiger partial charge in [0.1, 0.15) is 23.9 Å². The summed E-state index contributed by atoms with van der Waals surface area (Å²) in [6.07, 6.45) is 6.09. The summed E-state index contributed by atoms with van der Waals surface area (Å²) >= 11 is 0. The lowest BCUT2D eigenvalue weighted by Gasteiger charge is -2.18. The summed E-state index contributed by atoms with van der Waals surface area (Å²) in [6, 6.07) is 37.6.